The highest BCUT2D eigenvalue weighted by Gasteiger charge is 2.16. The van der Waals surface area contributed by atoms with Gasteiger partial charge in [-0.25, -0.2) is 4.98 Å². The molecule has 5 nitrogen and oxygen atoms in total. The summed E-state index contributed by atoms with van der Waals surface area (Å²) in [6.45, 7) is 6.35. The molecular formula is C19H23N5. The molecule has 1 fully saturated rings. The highest BCUT2D eigenvalue weighted by molar-refractivity contribution is 5.77. The van der Waals surface area contributed by atoms with Gasteiger partial charge in [0.2, 0.25) is 5.95 Å². The summed E-state index contributed by atoms with van der Waals surface area (Å²) in [5.74, 6) is 0.860. The molecule has 0 radical (unpaired) electrons. The number of para-hydroxylation sites is 3. The molecule has 1 saturated heterocycles. The zero-order chi connectivity index (χ0) is 16.2. The molecule has 1 aliphatic heterocycles. The number of rotatable bonds is 5. The highest BCUT2D eigenvalue weighted by Crippen LogP contribution is 2.16. The summed E-state index contributed by atoms with van der Waals surface area (Å²) < 4.78 is 0. The number of fused-ring (bicyclic) bond motifs is 1. The Labute approximate surface area is 142 Å². The van der Waals surface area contributed by atoms with Crippen LogP contribution in [0.1, 0.15) is 0 Å². The van der Waals surface area contributed by atoms with Gasteiger partial charge in [-0.3, -0.25) is 4.90 Å². The molecule has 4 rings (SSSR count). The third-order valence-corrected chi connectivity index (χ3v) is 4.60. The Hall–Kier alpha value is -2.53. The SMILES string of the molecule is c1ccc(N2CCN(CCNc3nc4ccccc4[nH]3)CC2)cc1. The molecule has 0 saturated carbocycles. The number of hydrogen-bond acceptors (Lipinski definition) is 4. The highest BCUT2D eigenvalue weighted by atomic mass is 15.3. The van der Waals surface area contributed by atoms with E-state index in [1.807, 2.05) is 18.2 Å². The number of benzene rings is 2. The third kappa shape index (κ3) is 3.36. The molecule has 0 spiro atoms. The zero-order valence-electron chi connectivity index (χ0n) is 13.8. The Balaban J connectivity index is 1.24. The fourth-order valence-electron chi connectivity index (χ4n) is 3.24. The van der Waals surface area contributed by atoms with E-state index in [0.29, 0.717) is 0 Å². The molecule has 124 valence electrons. The predicted octanol–water partition coefficient (Wildman–Crippen LogP) is 2.80. The second kappa shape index (κ2) is 6.93. The molecule has 2 aromatic carbocycles. The first-order chi connectivity index (χ1) is 11.9. The summed E-state index contributed by atoms with van der Waals surface area (Å²) in [6.07, 6.45) is 0. The fourth-order valence-corrected chi connectivity index (χ4v) is 3.24. The molecule has 0 atom stereocenters. The van der Waals surface area contributed by atoms with Crippen molar-refractivity contribution in [3.8, 4) is 0 Å². The van der Waals surface area contributed by atoms with Crippen LogP contribution in [-0.2, 0) is 0 Å². The minimum absolute atomic E-state index is 0.860. The molecule has 3 aromatic rings. The first kappa shape index (κ1) is 15.0. The van der Waals surface area contributed by atoms with E-state index in [1.165, 1.54) is 5.69 Å². The lowest BCUT2D eigenvalue weighted by molar-refractivity contribution is 0.267. The lowest BCUT2D eigenvalue weighted by Crippen LogP contribution is -2.47. The quantitative estimate of drug-likeness (QED) is 0.759. The molecule has 0 aliphatic carbocycles. The Morgan fingerprint density at radius 1 is 0.917 bits per heavy atom. The summed E-state index contributed by atoms with van der Waals surface area (Å²) in [6, 6.07) is 18.8. The van der Waals surface area contributed by atoms with Crippen LogP contribution in [0.15, 0.2) is 54.6 Å². The molecular weight excluding hydrogens is 298 g/mol. The molecule has 24 heavy (non-hydrogen) atoms. The van der Waals surface area contributed by atoms with Crippen molar-refractivity contribution in [3.63, 3.8) is 0 Å². The number of nitrogens with one attached hydrogen (secondary N) is 2. The Morgan fingerprint density at radius 2 is 1.67 bits per heavy atom. The van der Waals surface area contributed by atoms with Crippen LogP contribution in [-0.4, -0.2) is 54.1 Å². The van der Waals surface area contributed by atoms with Crippen LogP contribution in [0.3, 0.4) is 0 Å². The summed E-state index contributed by atoms with van der Waals surface area (Å²) in [4.78, 5) is 12.8. The number of aromatic amines is 1. The minimum Gasteiger partial charge on any atom is -0.369 e. The maximum Gasteiger partial charge on any atom is 0.201 e. The van der Waals surface area contributed by atoms with Crippen LogP contribution in [0.2, 0.25) is 0 Å². The van der Waals surface area contributed by atoms with Crippen LogP contribution in [0.5, 0.6) is 0 Å². The summed E-state index contributed by atoms with van der Waals surface area (Å²) >= 11 is 0. The normalized spacial score (nSPS) is 15.8. The molecule has 1 aromatic heterocycles. The molecule has 0 bridgehead atoms. The number of nitrogens with zero attached hydrogens (tertiary/aromatic N) is 3. The first-order valence-corrected chi connectivity index (χ1v) is 8.59. The van der Waals surface area contributed by atoms with Crippen LogP contribution in [0, 0.1) is 0 Å². The van der Waals surface area contributed by atoms with E-state index >= 15 is 0 Å². The summed E-state index contributed by atoms with van der Waals surface area (Å²) in [5, 5.41) is 3.40. The number of hydrogen-bond donors (Lipinski definition) is 2. The van der Waals surface area contributed by atoms with Gasteiger partial charge < -0.3 is 15.2 Å². The molecule has 0 amide bonds. The largest absolute Gasteiger partial charge is 0.369 e. The van der Waals surface area contributed by atoms with Gasteiger partial charge in [-0.15, -0.1) is 0 Å². The summed E-state index contributed by atoms with van der Waals surface area (Å²) in [7, 11) is 0. The Morgan fingerprint density at radius 3 is 2.46 bits per heavy atom. The Bertz CT molecular complexity index is 742. The van der Waals surface area contributed by atoms with E-state index in [1.54, 1.807) is 0 Å². The first-order valence-electron chi connectivity index (χ1n) is 8.59. The monoisotopic (exact) mass is 321 g/mol. The zero-order valence-corrected chi connectivity index (χ0v) is 13.8. The lowest BCUT2D eigenvalue weighted by Gasteiger charge is -2.36. The van der Waals surface area contributed by atoms with Crippen molar-refractivity contribution < 1.29 is 0 Å². The molecule has 2 N–H and O–H groups in total. The average molecular weight is 321 g/mol. The van der Waals surface area contributed by atoms with Crippen LogP contribution in [0.25, 0.3) is 11.0 Å². The van der Waals surface area contributed by atoms with E-state index in [4.69, 9.17) is 0 Å². The van der Waals surface area contributed by atoms with Gasteiger partial charge in [0.05, 0.1) is 11.0 Å². The van der Waals surface area contributed by atoms with Gasteiger partial charge in [-0.2, -0.15) is 0 Å². The van der Waals surface area contributed by atoms with E-state index in [2.05, 4.69) is 61.5 Å². The van der Waals surface area contributed by atoms with E-state index in [-0.39, 0.29) is 0 Å². The van der Waals surface area contributed by atoms with Crippen LogP contribution in [0.4, 0.5) is 11.6 Å². The van der Waals surface area contributed by atoms with Gasteiger partial charge >= 0.3 is 0 Å². The predicted molar refractivity (Wildman–Crippen MR) is 99.7 cm³/mol. The van der Waals surface area contributed by atoms with Crippen molar-refractivity contribution >= 4 is 22.7 Å². The van der Waals surface area contributed by atoms with E-state index < -0.39 is 0 Å². The van der Waals surface area contributed by atoms with Gasteiger partial charge in [0, 0.05) is 45.0 Å². The number of imidazole rings is 1. The number of H-pyrrole nitrogens is 1. The molecule has 0 unspecified atom stereocenters. The second-order valence-electron chi connectivity index (χ2n) is 6.19. The molecule has 2 heterocycles. The van der Waals surface area contributed by atoms with Crippen molar-refractivity contribution in [1.29, 1.82) is 0 Å². The lowest BCUT2D eigenvalue weighted by atomic mass is 10.2. The van der Waals surface area contributed by atoms with Crippen molar-refractivity contribution in [1.82, 2.24) is 14.9 Å². The van der Waals surface area contributed by atoms with Gasteiger partial charge in [-0.05, 0) is 24.3 Å². The number of piperazine rings is 1. The second-order valence-corrected chi connectivity index (χ2v) is 6.19. The van der Waals surface area contributed by atoms with Crippen LogP contribution >= 0.6 is 0 Å². The van der Waals surface area contributed by atoms with E-state index in [9.17, 15) is 0 Å². The number of anilines is 2. The van der Waals surface area contributed by atoms with Crippen molar-refractivity contribution in [2.75, 3.05) is 49.5 Å². The molecule has 1 aliphatic rings. The van der Waals surface area contributed by atoms with Gasteiger partial charge in [0.15, 0.2) is 0 Å². The topological polar surface area (TPSA) is 47.2 Å². The maximum absolute atomic E-state index is 4.55. The smallest absolute Gasteiger partial charge is 0.201 e. The standard InChI is InChI=1S/C19H23N5/c1-2-6-16(7-3-1)24-14-12-23(13-15-24)11-10-20-19-21-17-8-4-5-9-18(17)22-19/h1-9H,10-15H2,(H2,20,21,22). The van der Waals surface area contributed by atoms with Crippen molar-refractivity contribution in [3.05, 3.63) is 54.6 Å². The fraction of sp³-hybridized carbons (Fsp3) is 0.316. The minimum atomic E-state index is 0.860. The van der Waals surface area contributed by atoms with Gasteiger partial charge in [-0.1, -0.05) is 30.3 Å². The van der Waals surface area contributed by atoms with Crippen LogP contribution < -0.4 is 10.2 Å². The summed E-state index contributed by atoms with van der Waals surface area (Å²) in [5.41, 5.74) is 3.42. The number of aromatic nitrogens is 2. The maximum atomic E-state index is 4.55. The third-order valence-electron chi connectivity index (χ3n) is 4.60. The molecule has 5 heteroatoms. The van der Waals surface area contributed by atoms with Gasteiger partial charge in [0.1, 0.15) is 0 Å². The van der Waals surface area contributed by atoms with Crippen molar-refractivity contribution in [2.24, 2.45) is 0 Å². The average Bonchev–Trinajstić information content (AvgIpc) is 3.06. The van der Waals surface area contributed by atoms with Crippen molar-refractivity contribution in [2.45, 2.75) is 0 Å². The van der Waals surface area contributed by atoms with Gasteiger partial charge in [0.25, 0.3) is 0 Å². The Kier molecular flexibility index (Phi) is 4.34. The van der Waals surface area contributed by atoms with E-state index in [0.717, 1.165) is 56.3 Å².